The van der Waals surface area contributed by atoms with Crippen molar-refractivity contribution in [3.05, 3.63) is 59.4 Å². The molecule has 1 saturated heterocycles. The second-order valence-corrected chi connectivity index (χ2v) is 7.74. The third-order valence-electron chi connectivity index (χ3n) is 5.39. The molecule has 0 aliphatic carbocycles. The number of fused-ring (bicyclic) bond motifs is 1. The summed E-state index contributed by atoms with van der Waals surface area (Å²) in [5.74, 6) is -3.88. The molecule has 1 aliphatic heterocycles. The van der Waals surface area contributed by atoms with E-state index in [1.807, 2.05) is 0 Å². The Morgan fingerprint density at radius 2 is 1.85 bits per heavy atom. The first kappa shape index (κ1) is 22.4. The van der Waals surface area contributed by atoms with Crippen LogP contribution in [0.2, 0.25) is 5.02 Å². The quantitative estimate of drug-likeness (QED) is 0.563. The summed E-state index contributed by atoms with van der Waals surface area (Å²) < 4.78 is 30.2. The van der Waals surface area contributed by atoms with Gasteiger partial charge >= 0.3 is 0 Å². The van der Waals surface area contributed by atoms with Crippen LogP contribution in [0.15, 0.2) is 36.9 Å². The van der Waals surface area contributed by atoms with Gasteiger partial charge in [-0.1, -0.05) is 24.2 Å². The third kappa shape index (κ3) is 3.93. The van der Waals surface area contributed by atoms with Crippen LogP contribution in [0.4, 0.5) is 14.6 Å². The van der Waals surface area contributed by atoms with Crippen LogP contribution in [0.1, 0.15) is 10.6 Å². The van der Waals surface area contributed by atoms with Crippen molar-refractivity contribution in [1.29, 1.82) is 0 Å². The van der Waals surface area contributed by atoms with Gasteiger partial charge in [-0.05, 0) is 24.3 Å². The Labute approximate surface area is 191 Å². The lowest BCUT2D eigenvalue weighted by molar-refractivity contribution is -0.126. The van der Waals surface area contributed by atoms with E-state index in [-0.39, 0.29) is 27.7 Å². The van der Waals surface area contributed by atoms with Crippen LogP contribution in [0.3, 0.4) is 0 Å². The maximum Gasteiger partial charge on any atom is 0.286 e. The molecule has 33 heavy (non-hydrogen) atoms. The second kappa shape index (κ2) is 8.62. The first-order valence-electron chi connectivity index (χ1n) is 9.86. The highest BCUT2D eigenvalue weighted by molar-refractivity contribution is 6.34. The number of piperazine rings is 1. The average Bonchev–Trinajstić information content (AvgIpc) is 2.80. The van der Waals surface area contributed by atoms with Gasteiger partial charge < -0.3 is 20.6 Å². The van der Waals surface area contributed by atoms with Crippen molar-refractivity contribution >= 4 is 40.1 Å². The molecule has 0 atom stereocenters. The van der Waals surface area contributed by atoms with E-state index >= 15 is 4.39 Å². The number of halogens is 3. The number of benzene rings is 2. The van der Waals surface area contributed by atoms with Crippen molar-refractivity contribution < 1.29 is 23.5 Å². The van der Waals surface area contributed by atoms with Crippen LogP contribution in [-0.2, 0) is 4.79 Å². The molecule has 0 radical (unpaired) electrons. The monoisotopic (exact) mass is 473 g/mol. The molecule has 2 amide bonds. The summed E-state index contributed by atoms with van der Waals surface area (Å²) in [7, 11) is 0. The Bertz CT molecular complexity index is 1290. The fourth-order valence-corrected chi connectivity index (χ4v) is 4.07. The molecular formula is C22H18ClF2N5O3. The SMILES string of the molecule is C=CC(=O)N1CCN(c2nc(C(N)=O)nc3c(F)c(-c4c(O)cccc4F)c(Cl)cc23)CC1. The number of phenolic OH excluding ortho intramolecular Hbond substituents is 1. The maximum absolute atomic E-state index is 15.7. The van der Waals surface area contributed by atoms with Gasteiger partial charge in [-0.25, -0.2) is 18.7 Å². The van der Waals surface area contributed by atoms with Crippen LogP contribution < -0.4 is 10.6 Å². The summed E-state index contributed by atoms with van der Waals surface area (Å²) >= 11 is 6.34. The van der Waals surface area contributed by atoms with E-state index in [0.29, 0.717) is 26.2 Å². The molecule has 0 spiro atoms. The molecule has 2 heterocycles. The molecule has 170 valence electrons. The van der Waals surface area contributed by atoms with Crippen LogP contribution in [0.5, 0.6) is 5.75 Å². The van der Waals surface area contributed by atoms with Gasteiger partial charge in [-0.15, -0.1) is 0 Å². The van der Waals surface area contributed by atoms with Gasteiger partial charge in [0.2, 0.25) is 11.7 Å². The number of aromatic hydroxyl groups is 1. The molecule has 0 bridgehead atoms. The number of carbonyl (C=O) groups is 2. The van der Waals surface area contributed by atoms with Crippen molar-refractivity contribution in [3.63, 3.8) is 0 Å². The predicted octanol–water partition coefficient (Wildman–Crippen LogP) is 2.87. The lowest BCUT2D eigenvalue weighted by atomic mass is 10.0. The molecule has 4 rings (SSSR count). The fourth-order valence-electron chi connectivity index (χ4n) is 3.79. The number of hydrogen-bond donors (Lipinski definition) is 2. The number of nitrogens with two attached hydrogens (primary N) is 1. The molecule has 2 aromatic carbocycles. The van der Waals surface area contributed by atoms with Crippen LogP contribution >= 0.6 is 11.6 Å². The first-order chi connectivity index (χ1) is 15.7. The van der Waals surface area contributed by atoms with Crippen molar-refractivity contribution in [3.8, 4) is 16.9 Å². The van der Waals surface area contributed by atoms with Gasteiger partial charge in [0.05, 0.1) is 10.6 Å². The van der Waals surface area contributed by atoms with E-state index in [2.05, 4.69) is 16.5 Å². The number of aromatic nitrogens is 2. The molecule has 0 unspecified atom stereocenters. The molecule has 1 aromatic heterocycles. The summed E-state index contributed by atoms with van der Waals surface area (Å²) in [5, 5.41) is 10.1. The number of phenols is 1. The topological polar surface area (TPSA) is 113 Å². The Morgan fingerprint density at radius 1 is 1.15 bits per heavy atom. The summed E-state index contributed by atoms with van der Waals surface area (Å²) in [4.78, 5) is 35.2. The predicted molar refractivity (Wildman–Crippen MR) is 119 cm³/mol. The Balaban J connectivity index is 1.90. The van der Waals surface area contributed by atoms with E-state index in [1.54, 1.807) is 9.80 Å². The van der Waals surface area contributed by atoms with E-state index < -0.39 is 40.2 Å². The van der Waals surface area contributed by atoms with E-state index in [0.717, 1.165) is 6.07 Å². The van der Waals surface area contributed by atoms with Gasteiger partial charge in [0.15, 0.2) is 5.82 Å². The molecule has 3 N–H and O–H groups in total. The summed E-state index contributed by atoms with van der Waals surface area (Å²) in [6.45, 7) is 4.83. The number of anilines is 1. The van der Waals surface area contributed by atoms with Crippen molar-refractivity contribution in [2.75, 3.05) is 31.1 Å². The highest BCUT2D eigenvalue weighted by Gasteiger charge is 2.27. The Kier molecular flexibility index (Phi) is 5.86. The summed E-state index contributed by atoms with van der Waals surface area (Å²) in [6, 6.07) is 4.87. The van der Waals surface area contributed by atoms with Crippen LogP contribution in [-0.4, -0.2) is 58.0 Å². The third-order valence-corrected chi connectivity index (χ3v) is 5.69. The van der Waals surface area contributed by atoms with Crippen molar-refractivity contribution in [2.45, 2.75) is 0 Å². The zero-order chi connectivity index (χ0) is 23.9. The number of amides is 2. The highest BCUT2D eigenvalue weighted by Crippen LogP contribution is 2.42. The summed E-state index contributed by atoms with van der Waals surface area (Å²) in [5.41, 5.74) is 4.23. The normalized spacial score (nSPS) is 13.9. The van der Waals surface area contributed by atoms with Gasteiger partial charge in [-0.2, -0.15) is 0 Å². The van der Waals surface area contributed by atoms with Crippen LogP contribution in [0.25, 0.3) is 22.0 Å². The minimum atomic E-state index is -1.04. The highest BCUT2D eigenvalue weighted by atomic mass is 35.5. The number of primary amides is 1. The molecule has 11 heteroatoms. The zero-order valence-corrected chi connectivity index (χ0v) is 17.9. The molecular weight excluding hydrogens is 456 g/mol. The Hall–Kier alpha value is -3.79. The number of carbonyl (C=O) groups excluding carboxylic acids is 2. The zero-order valence-electron chi connectivity index (χ0n) is 17.2. The lowest BCUT2D eigenvalue weighted by Gasteiger charge is -2.35. The molecule has 0 saturated carbocycles. The van der Waals surface area contributed by atoms with Crippen molar-refractivity contribution in [2.24, 2.45) is 5.73 Å². The first-order valence-corrected chi connectivity index (χ1v) is 10.2. The van der Waals surface area contributed by atoms with E-state index in [4.69, 9.17) is 17.3 Å². The van der Waals surface area contributed by atoms with E-state index in [1.165, 1.54) is 24.3 Å². The van der Waals surface area contributed by atoms with Crippen LogP contribution in [0, 0.1) is 11.6 Å². The minimum Gasteiger partial charge on any atom is -0.507 e. The van der Waals surface area contributed by atoms with E-state index in [9.17, 15) is 19.1 Å². The average molecular weight is 474 g/mol. The largest absolute Gasteiger partial charge is 0.507 e. The van der Waals surface area contributed by atoms with Crippen molar-refractivity contribution in [1.82, 2.24) is 14.9 Å². The molecule has 1 aliphatic rings. The number of rotatable bonds is 4. The van der Waals surface area contributed by atoms with Gasteiger partial charge in [0.25, 0.3) is 5.91 Å². The number of hydrogen-bond acceptors (Lipinski definition) is 6. The number of nitrogens with zero attached hydrogens (tertiary/aromatic N) is 4. The minimum absolute atomic E-state index is 0.172. The Morgan fingerprint density at radius 3 is 2.45 bits per heavy atom. The standard InChI is InChI=1S/C22H18ClF2N5O3/c1-2-15(32)29-6-8-30(9-7-29)22-11-10-12(23)16(17-13(24)4-3-5-14(17)31)18(25)19(11)27-21(28-22)20(26)33/h2-5,10,31H,1,6-9H2,(H2,26,33). The maximum atomic E-state index is 15.7. The lowest BCUT2D eigenvalue weighted by Crippen LogP contribution is -2.48. The second-order valence-electron chi connectivity index (χ2n) is 7.33. The molecule has 1 fully saturated rings. The van der Waals surface area contributed by atoms with Gasteiger partial charge in [0.1, 0.15) is 22.9 Å². The summed E-state index contributed by atoms with van der Waals surface area (Å²) in [6.07, 6.45) is 1.22. The van der Waals surface area contributed by atoms with Gasteiger partial charge in [0, 0.05) is 37.1 Å². The molecule has 3 aromatic rings. The molecule has 8 nitrogen and oxygen atoms in total. The fraction of sp³-hybridized carbons (Fsp3) is 0.182. The van der Waals surface area contributed by atoms with Gasteiger partial charge in [-0.3, -0.25) is 9.59 Å². The smallest absolute Gasteiger partial charge is 0.286 e.